The summed E-state index contributed by atoms with van der Waals surface area (Å²) in [7, 11) is 0. The zero-order valence-corrected chi connectivity index (χ0v) is 14.9. The van der Waals surface area contributed by atoms with Crippen LogP contribution in [0.15, 0.2) is 24.3 Å². The number of Topliss-reactive ketones (excluding diaryl/α,β-unsaturated/α-hetero) is 1. The lowest BCUT2D eigenvalue weighted by atomic mass is 9.86. The van der Waals surface area contributed by atoms with E-state index in [4.69, 9.17) is 5.11 Å². The van der Waals surface area contributed by atoms with Crippen molar-refractivity contribution in [3.05, 3.63) is 29.8 Å². The minimum atomic E-state index is -0.899. The van der Waals surface area contributed by atoms with Crippen molar-refractivity contribution < 1.29 is 19.5 Å². The number of rotatable bonds is 6. The number of aliphatic carboxylic acids is 1. The summed E-state index contributed by atoms with van der Waals surface area (Å²) in [5.74, 6) is -0.863. The van der Waals surface area contributed by atoms with Gasteiger partial charge in [-0.05, 0) is 44.5 Å². The molecule has 0 radical (unpaired) electrons. The van der Waals surface area contributed by atoms with Crippen LogP contribution in [0.2, 0.25) is 0 Å². The molecule has 6 heteroatoms. The minimum absolute atomic E-state index is 0.0170. The molecule has 6 nitrogen and oxygen atoms in total. The molecule has 0 bridgehead atoms. The summed E-state index contributed by atoms with van der Waals surface area (Å²) in [6.45, 7) is 9.09. The monoisotopic (exact) mass is 334 g/mol. The number of amides is 2. The van der Waals surface area contributed by atoms with Gasteiger partial charge in [0, 0.05) is 28.6 Å². The Kier molecular flexibility index (Phi) is 6.12. The highest BCUT2D eigenvalue weighted by molar-refractivity contribution is 6.00. The molecule has 24 heavy (non-hydrogen) atoms. The van der Waals surface area contributed by atoms with Crippen molar-refractivity contribution in [2.45, 2.75) is 53.0 Å². The molecule has 0 atom stereocenters. The Balaban J connectivity index is 2.65. The van der Waals surface area contributed by atoms with Crippen molar-refractivity contribution in [1.29, 1.82) is 0 Å². The van der Waals surface area contributed by atoms with Crippen LogP contribution in [-0.4, -0.2) is 28.4 Å². The van der Waals surface area contributed by atoms with Crippen LogP contribution in [0.5, 0.6) is 0 Å². The predicted molar refractivity (Wildman–Crippen MR) is 93.3 cm³/mol. The number of urea groups is 1. The van der Waals surface area contributed by atoms with Crippen LogP contribution in [0.1, 0.15) is 57.8 Å². The topological polar surface area (TPSA) is 95.5 Å². The molecule has 0 aromatic heterocycles. The Bertz CT molecular complexity index is 613. The Morgan fingerprint density at radius 2 is 1.54 bits per heavy atom. The highest BCUT2D eigenvalue weighted by Crippen LogP contribution is 2.22. The van der Waals surface area contributed by atoms with E-state index >= 15 is 0 Å². The smallest absolute Gasteiger partial charge is 0.319 e. The van der Waals surface area contributed by atoms with Crippen molar-refractivity contribution in [2.75, 3.05) is 5.32 Å². The number of benzene rings is 1. The molecule has 3 N–H and O–H groups in total. The highest BCUT2D eigenvalue weighted by atomic mass is 16.4. The molecule has 0 unspecified atom stereocenters. The van der Waals surface area contributed by atoms with Gasteiger partial charge < -0.3 is 15.7 Å². The number of hydrogen-bond donors (Lipinski definition) is 3. The molecule has 2 amide bonds. The molecule has 1 aromatic carbocycles. The van der Waals surface area contributed by atoms with Crippen LogP contribution in [-0.2, 0) is 4.79 Å². The fourth-order valence-corrected chi connectivity index (χ4v) is 2.09. The van der Waals surface area contributed by atoms with E-state index in [1.54, 1.807) is 38.1 Å². The van der Waals surface area contributed by atoms with Gasteiger partial charge in [0.15, 0.2) is 5.78 Å². The molecule has 0 aliphatic carbocycles. The Hall–Kier alpha value is -2.37. The van der Waals surface area contributed by atoms with Crippen LogP contribution in [0.4, 0.5) is 10.5 Å². The van der Waals surface area contributed by atoms with Crippen LogP contribution in [0.25, 0.3) is 0 Å². The first-order chi connectivity index (χ1) is 10.9. The molecule has 0 saturated carbocycles. The molecule has 1 rings (SSSR count). The van der Waals surface area contributed by atoms with Gasteiger partial charge >= 0.3 is 12.0 Å². The normalized spacial score (nSPS) is 11.7. The Morgan fingerprint density at radius 3 is 2.00 bits per heavy atom. The Morgan fingerprint density at radius 1 is 1.00 bits per heavy atom. The van der Waals surface area contributed by atoms with Crippen LogP contribution < -0.4 is 10.6 Å². The van der Waals surface area contributed by atoms with E-state index in [0.29, 0.717) is 17.7 Å². The van der Waals surface area contributed by atoms with E-state index in [0.717, 1.165) is 0 Å². The molecule has 0 saturated heterocycles. The van der Waals surface area contributed by atoms with E-state index in [1.165, 1.54) is 0 Å². The van der Waals surface area contributed by atoms with E-state index in [1.807, 2.05) is 20.8 Å². The molecule has 0 aliphatic heterocycles. The van der Waals surface area contributed by atoms with Gasteiger partial charge in [-0.1, -0.05) is 20.8 Å². The molecule has 0 aliphatic rings. The fraction of sp³-hybridized carbons (Fsp3) is 0.500. The quantitative estimate of drug-likeness (QED) is 0.692. The highest BCUT2D eigenvalue weighted by Gasteiger charge is 2.23. The van der Waals surface area contributed by atoms with Crippen molar-refractivity contribution >= 4 is 23.5 Å². The molecule has 1 aromatic rings. The van der Waals surface area contributed by atoms with Gasteiger partial charge in [0.25, 0.3) is 0 Å². The van der Waals surface area contributed by atoms with Gasteiger partial charge in [-0.2, -0.15) is 0 Å². The molecule has 0 fully saturated rings. The number of carboxylic acids is 1. The maximum absolute atomic E-state index is 12.2. The molecule has 0 spiro atoms. The average Bonchev–Trinajstić information content (AvgIpc) is 2.43. The zero-order chi connectivity index (χ0) is 18.5. The van der Waals surface area contributed by atoms with Gasteiger partial charge in [-0.15, -0.1) is 0 Å². The number of carboxylic acid groups (broad SMARTS) is 1. The van der Waals surface area contributed by atoms with E-state index in [-0.39, 0.29) is 12.2 Å². The first-order valence-electron chi connectivity index (χ1n) is 7.86. The van der Waals surface area contributed by atoms with E-state index < -0.39 is 23.0 Å². The van der Waals surface area contributed by atoms with Crippen LogP contribution in [0, 0.1) is 5.41 Å². The van der Waals surface area contributed by atoms with Crippen molar-refractivity contribution in [3.8, 4) is 0 Å². The maximum atomic E-state index is 12.2. The third-order valence-electron chi connectivity index (χ3n) is 3.50. The number of carbonyl (C=O) groups is 3. The molecular weight excluding hydrogens is 308 g/mol. The number of hydrogen-bond acceptors (Lipinski definition) is 3. The SMILES string of the molecule is CC(C)(CCC(=O)O)NC(=O)Nc1ccc(C(=O)C(C)(C)C)cc1. The van der Waals surface area contributed by atoms with Crippen molar-refractivity contribution in [1.82, 2.24) is 5.32 Å². The first-order valence-corrected chi connectivity index (χ1v) is 7.86. The average molecular weight is 334 g/mol. The number of ketones is 1. The number of anilines is 1. The fourth-order valence-electron chi connectivity index (χ4n) is 2.09. The van der Waals surface area contributed by atoms with E-state index in [9.17, 15) is 14.4 Å². The van der Waals surface area contributed by atoms with Crippen LogP contribution >= 0.6 is 0 Å². The molecular formula is C18H26N2O4. The summed E-state index contributed by atoms with van der Waals surface area (Å²) in [4.78, 5) is 34.8. The van der Waals surface area contributed by atoms with Gasteiger partial charge in [0.05, 0.1) is 0 Å². The van der Waals surface area contributed by atoms with E-state index in [2.05, 4.69) is 10.6 Å². The second kappa shape index (κ2) is 7.47. The second-order valence-corrected chi connectivity index (χ2v) is 7.51. The number of nitrogens with one attached hydrogen (secondary N) is 2. The summed E-state index contributed by atoms with van der Waals surface area (Å²) < 4.78 is 0. The lowest BCUT2D eigenvalue weighted by Gasteiger charge is -2.25. The minimum Gasteiger partial charge on any atom is -0.481 e. The van der Waals surface area contributed by atoms with Gasteiger partial charge in [-0.3, -0.25) is 9.59 Å². The van der Waals surface area contributed by atoms with Crippen molar-refractivity contribution in [2.24, 2.45) is 5.41 Å². The summed E-state index contributed by atoms with van der Waals surface area (Å²) in [5.41, 5.74) is 0.0627. The lowest BCUT2D eigenvalue weighted by Crippen LogP contribution is -2.45. The molecule has 132 valence electrons. The standard InChI is InChI=1S/C18H26N2O4/c1-17(2,3)15(23)12-6-8-13(9-7-12)19-16(24)20-18(4,5)11-10-14(21)22/h6-9H,10-11H2,1-5H3,(H,21,22)(H2,19,20,24). The second-order valence-electron chi connectivity index (χ2n) is 7.51. The first kappa shape index (κ1) is 19.7. The van der Waals surface area contributed by atoms with Gasteiger partial charge in [-0.25, -0.2) is 4.79 Å². The summed E-state index contributed by atoms with van der Waals surface area (Å²) >= 11 is 0. The Labute approximate surface area is 142 Å². The van der Waals surface area contributed by atoms with Crippen LogP contribution in [0.3, 0.4) is 0 Å². The van der Waals surface area contributed by atoms with Gasteiger partial charge in [0.2, 0.25) is 0 Å². The predicted octanol–water partition coefficient (Wildman–Crippen LogP) is 3.68. The number of carbonyl (C=O) groups excluding carboxylic acids is 2. The lowest BCUT2D eigenvalue weighted by molar-refractivity contribution is -0.137. The summed E-state index contributed by atoms with van der Waals surface area (Å²) in [6.07, 6.45) is 0.311. The zero-order valence-electron chi connectivity index (χ0n) is 14.9. The third-order valence-corrected chi connectivity index (χ3v) is 3.50. The largest absolute Gasteiger partial charge is 0.481 e. The summed E-state index contributed by atoms with van der Waals surface area (Å²) in [6, 6.07) is 6.28. The van der Waals surface area contributed by atoms with Gasteiger partial charge in [0.1, 0.15) is 0 Å². The summed E-state index contributed by atoms with van der Waals surface area (Å²) in [5, 5.41) is 14.1. The maximum Gasteiger partial charge on any atom is 0.319 e. The van der Waals surface area contributed by atoms with Crippen molar-refractivity contribution in [3.63, 3.8) is 0 Å². The third kappa shape index (κ3) is 6.40. The molecule has 0 heterocycles.